The molecule has 1 aromatic carbocycles. The Labute approximate surface area is 115 Å². The minimum absolute atomic E-state index is 0.228. The summed E-state index contributed by atoms with van der Waals surface area (Å²) in [7, 11) is 0. The molecule has 1 heterocycles. The van der Waals surface area contributed by atoms with Crippen molar-refractivity contribution in [1.29, 1.82) is 0 Å². The molecule has 1 aliphatic rings. The monoisotopic (exact) mass is 266 g/mol. The van der Waals surface area contributed by atoms with E-state index in [1.54, 1.807) is 0 Å². The molecular weight excluding hydrogens is 244 g/mol. The fourth-order valence-electron chi connectivity index (χ4n) is 2.56. The highest BCUT2D eigenvalue weighted by Crippen LogP contribution is 2.27. The van der Waals surface area contributed by atoms with Crippen LogP contribution in [0.3, 0.4) is 0 Å². The Kier molecular flexibility index (Phi) is 4.31. The van der Waals surface area contributed by atoms with Gasteiger partial charge >= 0.3 is 0 Å². The molecule has 1 N–H and O–H groups in total. The Balaban J connectivity index is 2.17. The maximum atomic E-state index is 6.27. The highest BCUT2D eigenvalue weighted by atomic mass is 35.5. The fraction of sp³-hybridized carbons (Fsp3) is 0.600. The maximum absolute atomic E-state index is 6.27. The maximum Gasteiger partial charge on any atom is 0.0451 e. The van der Waals surface area contributed by atoms with Crippen LogP contribution in [0, 0.1) is 0 Å². The van der Waals surface area contributed by atoms with Crippen molar-refractivity contribution < 1.29 is 0 Å². The first-order chi connectivity index (χ1) is 8.55. The lowest BCUT2D eigenvalue weighted by Gasteiger charge is -2.47. The van der Waals surface area contributed by atoms with Gasteiger partial charge in [0.15, 0.2) is 0 Å². The van der Waals surface area contributed by atoms with Crippen LogP contribution in [-0.4, -0.2) is 29.6 Å². The molecule has 2 rings (SSSR count). The molecule has 18 heavy (non-hydrogen) atoms. The first kappa shape index (κ1) is 13.9. The van der Waals surface area contributed by atoms with Gasteiger partial charge in [0.25, 0.3) is 0 Å². The Morgan fingerprint density at radius 3 is 2.83 bits per heavy atom. The van der Waals surface area contributed by atoms with Gasteiger partial charge in [0.05, 0.1) is 0 Å². The number of rotatable bonds is 3. The van der Waals surface area contributed by atoms with Crippen molar-refractivity contribution in [1.82, 2.24) is 10.2 Å². The molecule has 0 amide bonds. The molecule has 2 unspecified atom stereocenters. The summed E-state index contributed by atoms with van der Waals surface area (Å²) >= 11 is 6.27. The SMILES string of the molecule is CCC1(C)CNC(C)CN1Cc1ccccc1Cl. The van der Waals surface area contributed by atoms with E-state index in [1.165, 1.54) is 5.56 Å². The van der Waals surface area contributed by atoms with Crippen LogP contribution in [0.1, 0.15) is 32.8 Å². The lowest BCUT2D eigenvalue weighted by molar-refractivity contribution is 0.0453. The summed E-state index contributed by atoms with van der Waals surface area (Å²) in [5.74, 6) is 0. The lowest BCUT2D eigenvalue weighted by Crippen LogP contribution is -2.61. The van der Waals surface area contributed by atoms with Gasteiger partial charge in [-0.3, -0.25) is 4.90 Å². The van der Waals surface area contributed by atoms with E-state index in [4.69, 9.17) is 11.6 Å². The Morgan fingerprint density at radius 1 is 1.44 bits per heavy atom. The molecule has 0 radical (unpaired) electrons. The van der Waals surface area contributed by atoms with Gasteiger partial charge in [0.1, 0.15) is 0 Å². The van der Waals surface area contributed by atoms with Crippen LogP contribution in [0.5, 0.6) is 0 Å². The number of nitrogens with zero attached hydrogens (tertiary/aromatic N) is 1. The minimum atomic E-state index is 0.228. The van der Waals surface area contributed by atoms with Gasteiger partial charge in [0, 0.05) is 36.2 Å². The van der Waals surface area contributed by atoms with E-state index in [1.807, 2.05) is 12.1 Å². The number of hydrogen-bond acceptors (Lipinski definition) is 2. The molecule has 0 aliphatic carbocycles. The van der Waals surface area contributed by atoms with Crippen LogP contribution >= 0.6 is 11.6 Å². The van der Waals surface area contributed by atoms with E-state index < -0.39 is 0 Å². The van der Waals surface area contributed by atoms with E-state index in [0.29, 0.717) is 6.04 Å². The first-order valence-electron chi connectivity index (χ1n) is 6.77. The van der Waals surface area contributed by atoms with Crippen molar-refractivity contribution in [3.8, 4) is 0 Å². The highest BCUT2D eigenvalue weighted by Gasteiger charge is 2.35. The van der Waals surface area contributed by atoms with Crippen molar-refractivity contribution in [2.75, 3.05) is 13.1 Å². The van der Waals surface area contributed by atoms with Crippen LogP contribution in [-0.2, 0) is 6.54 Å². The van der Waals surface area contributed by atoms with Crippen LogP contribution < -0.4 is 5.32 Å². The topological polar surface area (TPSA) is 15.3 Å². The fourth-order valence-corrected chi connectivity index (χ4v) is 2.75. The quantitative estimate of drug-likeness (QED) is 0.903. The van der Waals surface area contributed by atoms with Gasteiger partial charge in [-0.2, -0.15) is 0 Å². The molecule has 0 saturated carbocycles. The molecule has 2 nitrogen and oxygen atoms in total. The summed E-state index contributed by atoms with van der Waals surface area (Å²) in [6.45, 7) is 9.91. The van der Waals surface area contributed by atoms with Gasteiger partial charge in [-0.1, -0.05) is 36.7 Å². The average molecular weight is 267 g/mol. The number of hydrogen-bond donors (Lipinski definition) is 1. The molecule has 2 atom stereocenters. The van der Waals surface area contributed by atoms with Crippen LogP contribution in [0.2, 0.25) is 5.02 Å². The largest absolute Gasteiger partial charge is 0.311 e. The number of piperazine rings is 1. The predicted octanol–water partition coefficient (Wildman–Crippen LogP) is 3.30. The zero-order valence-corrected chi connectivity index (χ0v) is 12.3. The first-order valence-corrected chi connectivity index (χ1v) is 7.15. The lowest BCUT2D eigenvalue weighted by atomic mass is 9.91. The molecule has 1 fully saturated rings. The smallest absolute Gasteiger partial charge is 0.0451 e. The summed E-state index contributed by atoms with van der Waals surface area (Å²) in [5, 5.41) is 4.46. The second-order valence-corrected chi connectivity index (χ2v) is 6.01. The van der Waals surface area contributed by atoms with Crippen molar-refractivity contribution in [2.24, 2.45) is 0 Å². The molecule has 1 aliphatic heterocycles. The van der Waals surface area contributed by atoms with Gasteiger partial charge in [-0.25, -0.2) is 0 Å². The van der Waals surface area contributed by atoms with Crippen molar-refractivity contribution in [3.05, 3.63) is 34.9 Å². The van der Waals surface area contributed by atoms with Gasteiger partial charge in [0.2, 0.25) is 0 Å². The normalized spacial score (nSPS) is 29.4. The third-order valence-corrected chi connectivity index (χ3v) is 4.54. The summed E-state index contributed by atoms with van der Waals surface area (Å²) in [6, 6.07) is 8.71. The minimum Gasteiger partial charge on any atom is -0.311 e. The molecule has 0 spiro atoms. The molecule has 3 heteroatoms. The second kappa shape index (κ2) is 5.60. The standard InChI is InChI=1S/C15H23ClN2/c1-4-15(3)11-17-12(2)9-18(15)10-13-7-5-6-8-14(13)16/h5-8,12,17H,4,9-11H2,1-3H3. The Hall–Kier alpha value is -0.570. The van der Waals surface area contributed by atoms with Crippen molar-refractivity contribution in [3.63, 3.8) is 0 Å². The van der Waals surface area contributed by atoms with Crippen molar-refractivity contribution >= 4 is 11.6 Å². The van der Waals surface area contributed by atoms with E-state index in [0.717, 1.165) is 31.1 Å². The van der Waals surface area contributed by atoms with Gasteiger partial charge in [-0.05, 0) is 31.9 Å². The summed E-state index contributed by atoms with van der Waals surface area (Å²) in [5.41, 5.74) is 1.46. The molecule has 1 saturated heterocycles. The van der Waals surface area contributed by atoms with Gasteiger partial charge in [-0.15, -0.1) is 0 Å². The summed E-state index contributed by atoms with van der Waals surface area (Å²) in [4.78, 5) is 2.56. The zero-order valence-electron chi connectivity index (χ0n) is 11.5. The Morgan fingerprint density at radius 2 is 2.17 bits per heavy atom. The third-order valence-electron chi connectivity index (χ3n) is 4.17. The van der Waals surface area contributed by atoms with Crippen molar-refractivity contribution in [2.45, 2.75) is 45.3 Å². The van der Waals surface area contributed by atoms with Crippen LogP contribution in [0.4, 0.5) is 0 Å². The number of halogens is 1. The molecular formula is C15H23ClN2. The second-order valence-electron chi connectivity index (χ2n) is 5.60. The van der Waals surface area contributed by atoms with Gasteiger partial charge < -0.3 is 5.32 Å². The zero-order chi connectivity index (χ0) is 13.2. The van der Waals surface area contributed by atoms with Crippen LogP contribution in [0.15, 0.2) is 24.3 Å². The summed E-state index contributed by atoms with van der Waals surface area (Å²) < 4.78 is 0. The summed E-state index contributed by atoms with van der Waals surface area (Å²) in [6.07, 6.45) is 1.15. The van der Waals surface area contributed by atoms with E-state index in [2.05, 4.69) is 43.1 Å². The average Bonchev–Trinajstić information content (AvgIpc) is 2.37. The molecule has 0 bridgehead atoms. The van der Waals surface area contributed by atoms with E-state index in [-0.39, 0.29) is 5.54 Å². The highest BCUT2D eigenvalue weighted by molar-refractivity contribution is 6.31. The van der Waals surface area contributed by atoms with E-state index >= 15 is 0 Å². The predicted molar refractivity (Wildman–Crippen MR) is 78.0 cm³/mol. The number of benzene rings is 1. The molecule has 1 aromatic rings. The Bertz CT molecular complexity index is 407. The number of nitrogens with one attached hydrogen (secondary N) is 1. The third kappa shape index (κ3) is 2.87. The molecule has 0 aromatic heterocycles. The molecule has 100 valence electrons. The van der Waals surface area contributed by atoms with Crippen LogP contribution in [0.25, 0.3) is 0 Å². The van der Waals surface area contributed by atoms with E-state index in [9.17, 15) is 0 Å².